The van der Waals surface area contributed by atoms with Crippen LogP contribution in [0.1, 0.15) is 6.92 Å². The Morgan fingerprint density at radius 1 is 1.27 bits per heavy atom. The first-order valence-corrected chi connectivity index (χ1v) is 3.24. The molecule has 11 heavy (non-hydrogen) atoms. The van der Waals surface area contributed by atoms with Crippen LogP contribution in [0.25, 0.3) is 0 Å². The molecule has 1 aromatic carbocycles. The Kier molecular flexibility index (Phi) is 5.07. The van der Waals surface area contributed by atoms with Crippen molar-refractivity contribution in [3.05, 3.63) is 24.3 Å². The lowest BCUT2D eigenvalue weighted by Crippen LogP contribution is -1.89. The summed E-state index contributed by atoms with van der Waals surface area (Å²) in [6, 6.07) is 6.67. The maximum absolute atomic E-state index is 8.87. The van der Waals surface area contributed by atoms with Gasteiger partial charge in [0.2, 0.25) is 0 Å². The molecule has 0 aromatic heterocycles. The highest BCUT2D eigenvalue weighted by molar-refractivity contribution is 5.75. The number of hydrogen-bond donors (Lipinski definition) is 1. The minimum atomic E-state index is 0. The number of ether oxygens (including phenoxy) is 1. The molecule has 2 nitrogen and oxygen atoms in total. The molecule has 0 radical (unpaired) electrons. The summed E-state index contributed by atoms with van der Waals surface area (Å²) >= 11 is 0. The van der Waals surface area contributed by atoms with E-state index < -0.39 is 0 Å². The SMILES string of the molecule is CCOc1ccc(O)cc1.[MgH2]. The molecule has 0 aliphatic carbocycles. The first kappa shape index (κ1) is 10.6. The van der Waals surface area contributed by atoms with E-state index in [0.29, 0.717) is 6.61 Å². The maximum Gasteiger partial charge on any atom is 0.316 e. The van der Waals surface area contributed by atoms with Crippen molar-refractivity contribution < 1.29 is 9.84 Å². The second-order valence-corrected chi connectivity index (χ2v) is 1.93. The van der Waals surface area contributed by atoms with Gasteiger partial charge in [-0.15, -0.1) is 0 Å². The Bertz CT molecular complexity index is 196. The highest BCUT2D eigenvalue weighted by Gasteiger charge is 1.89. The summed E-state index contributed by atoms with van der Waals surface area (Å²) in [7, 11) is 0. The van der Waals surface area contributed by atoms with Gasteiger partial charge in [-0.3, -0.25) is 0 Å². The third-order valence-corrected chi connectivity index (χ3v) is 1.15. The van der Waals surface area contributed by atoms with Gasteiger partial charge in [0.05, 0.1) is 6.61 Å². The van der Waals surface area contributed by atoms with Crippen molar-refractivity contribution in [3.8, 4) is 11.5 Å². The van der Waals surface area contributed by atoms with Crippen molar-refractivity contribution in [2.24, 2.45) is 0 Å². The van der Waals surface area contributed by atoms with Crippen molar-refractivity contribution in [3.63, 3.8) is 0 Å². The van der Waals surface area contributed by atoms with E-state index in [-0.39, 0.29) is 28.8 Å². The van der Waals surface area contributed by atoms with Gasteiger partial charge in [-0.25, -0.2) is 0 Å². The molecule has 0 aliphatic heterocycles. The lowest BCUT2D eigenvalue weighted by atomic mass is 10.3. The molecule has 0 atom stereocenters. The van der Waals surface area contributed by atoms with Gasteiger partial charge in [-0.05, 0) is 31.2 Å². The summed E-state index contributed by atoms with van der Waals surface area (Å²) in [5, 5.41) is 8.87. The Morgan fingerprint density at radius 3 is 2.27 bits per heavy atom. The standard InChI is InChI=1S/C8H10O2.Mg.2H/c1-2-10-8-5-3-7(9)4-6-8;;;/h3-6,9H,2H2,1H3;;;. The molecule has 0 saturated heterocycles. The fourth-order valence-corrected chi connectivity index (χ4v) is 0.709. The summed E-state index contributed by atoms with van der Waals surface area (Å²) < 4.78 is 5.15. The molecule has 0 unspecified atom stereocenters. The molecule has 0 fully saturated rings. The molecule has 1 rings (SSSR count). The molecular weight excluding hydrogens is 152 g/mol. The molecular formula is C8H12MgO2. The van der Waals surface area contributed by atoms with Gasteiger partial charge in [0.1, 0.15) is 11.5 Å². The second kappa shape index (κ2) is 5.26. The predicted molar refractivity (Wildman–Crippen MR) is 47.8 cm³/mol. The molecule has 0 bridgehead atoms. The Labute approximate surface area is 82.3 Å². The van der Waals surface area contributed by atoms with Crippen LogP contribution in [0.5, 0.6) is 11.5 Å². The number of hydrogen-bond acceptors (Lipinski definition) is 2. The Balaban J connectivity index is 0.000001000. The van der Waals surface area contributed by atoms with Crippen LogP contribution < -0.4 is 4.74 Å². The van der Waals surface area contributed by atoms with Crippen molar-refractivity contribution >= 4 is 23.1 Å². The van der Waals surface area contributed by atoms with Crippen molar-refractivity contribution in [1.82, 2.24) is 0 Å². The molecule has 0 heterocycles. The van der Waals surface area contributed by atoms with E-state index in [1.54, 1.807) is 24.3 Å². The smallest absolute Gasteiger partial charge is 0.316 e. The Morgan fingerprint density at radius 2 is 1.82 bits per heavy atom. The number of phenols is 1. The van der Waals surface area contributed by atoms with Crippen LogP contribution in [0.3, 0.4) is 0 Å². The van der Waals surface area contributed by atoms with E-state index >= 15 is 0 Å². The van der Waals surface area contributed by atoms with E-state index in [2.05, 4.69) is 0 Å². The average Bonchev–Trinajstić information content (AvgIpc) is 1.95. The zero-order valence-electron chi connectivity index (χ0n) is 5.87. The van der Waals surface area contributed by atoms with Gasteiger partial charge in [-0.2, -0.15) is 0 Å². The molecule has 1 N–H and O–H groups in total. The molecule has 0 spiro atoms. The summed E-state index contributed by atoms with van der Waals surface area (Å²) in [6.07, 6.45) is 0. The number of aromatic hydroxyl groups is 1. The molecule has 0 aliphatic rings. The lowest BCUT2D eigenvalue weighted by Gasteiger charge is -2.00. The fraction of sp³-hybridized carbons (Fsp3) is 0.250. The highest BCUT2D eigenvalue weighted by atomic mass is 24.3. The number of rotatable bonds is 2. The fourth-order valence-electron chi connectivity index (χ4n) is 0.709. The molecule has 1 aromatic rings. The van der Waals surface area contributed by atoms with E-state index in [1.165, 1.54) is 0 Å². The lowest BCUT2D eigenvalue weighted by molar-refractivity contribution is 0.339. The van der Waals surface area contributed by atoms with Crippen LogP contribution >= 0.6 is 0 Å². The molecule has 3 heteroatoms. The minimum absolute atomic E-state index is 0. The third-order valence-electron chi connectivity index (χ3n) is 1.15. The topological polar surface area (TPSA) is 29.5 Å². The van der Waals surface area contributed by atoms with Gasteiger partial charge in [0.25, 0.3) is 0 Å². The van der Waals surface area contributed by atoms with Gasteiger partial charge in [0, 0.05) is 0 Å². The molecule has 0 amide bonds. The van der Waals surface area contributed by atoms with Crippen molar-refractivity contribution in [1.29, 1.82) is 0 Å². The highest BCUT2D eigenvalue weighted by Crippen LogP contribution is 2.15. The van der Waals surface area contributed by atoms with Crippen LogP contribution in [-0.2, 0) is 0 Å². The average molecular weight is 164 g/mol. The van der Waals surface area contributed by atoms with Crippen LogP contribution in [0.2, 0.25) is 0 Å². The quantitative estimate of drug-likeness (QED) is 0.658. The van der Waals surface area contributed by atoms with E-state index in [4.69, 9.17) is 9.84 Å². The van der Waals surface area contributed by atoms with Crippen LogP contribution in [0.4, 0.5) is 0 Å². The zero-order valence-corrected chi connectivity index (χ0v) is 5.87. The normalized spacial score (nSPS) is 8.45. The third kappa shape index (κ3) is 3.48. The maximum atomic E-state index is 8.87. The van der Waals surface area contributed by atoms with Crippen LogP contribution in [0.15, 0.2) is 24.3 Å². The Hall–Kier alpha value is -0.414. The van der Waals surface area contributed by atoms with E-state index in [9.17, 15) is 0 Å². The summed E-state index contributed by atoms with van der Waals surface area (Å²) in [5.41, 5.74) is 0. The van der Waals surface area contributed by atoms with Gasteiger partial charge < -0.3 is 9.84 Å². The van der Waals surface area contributed by atoms with Crippen molar-refractivity contribution in [2.45, 2.75) is 6.92 Å². The predicted octanol–water partition coefficient (Wildman–Crippen LogP) is 0.875. The van der Waals surface area contributed by atoms with Crippen molar-refractivity contribution in [2.75, 3.05) is 6.61 Å². The number of phenolic OH excluding ortho intramolecular Hbond substituents is 1. The van der Waals surface area contributed by atoms with Crippen LogP contribution in [0, 0.1) is 0 Å². The van der Waals surface area contributed by atoms with Gasteiger partial charge >= 0.3 is 23.1 Å². The number of benzene rings is 1. The molecule has 0 saturated carbocycles. The monoisotopic (exact) mass is 164 g/mol. The molecule has 58 valence electrons. The minimum Gasteiger partial charge on any atom is -0.508 e. The van der Waals surface area contributed by atoms with E-state index in [0.717, 1.165) is 5.75 Å². The van der Waals surface area contributed by atoms with Crippen LogP contribution in [-0.4, -0.2) is 34.8 Å². The first-order chi connectivity index (χ1) is 4.83. The summed E-state index contributed by atoms with van der Waals surface area (Å²) in [6.45, 7) is 2.58. The van der Waals surface area contributed by atoms with E-state index in [1.807, 2.05) is 6.92 Å². The second-order valence-electron chi connectivity index (χ2n) is 1.93. The summed E-state index contributed by atoms with van der Waals surface area (Å²) in [5.74, 6) is 1.06. The van der Waals surface area contributed by atoms with Gasteiger partial charge in [-0.1, -0.05) is 0 Å². The first-order valence-electron chi connectivity index (χ1n) is 3.24. The largest absolute Gasteiger partial charge is 0.508 e. The summed E-state index contributed by atoms with van der Waals surface area (Å²) in [4.78, 5) is 0. The zero-order chi connectivity index (χ0) is 7.40. The van der Waals surface area contributed by atoms with Gasteiger partial charge in [0.15, 0.2) is 0 Å².